The molecule has 1 N–H and O–H groups in total. The maximum atomic E-state index is 10.8. The van der Waals surface area contributed by atoms with Crippen LogP contribution in [0, 0.1) is 11.3 Å². The van der Waals surface area contributed by atoms with Crippen LogP contribution in [-0.2, 0) is 4.74 Å². The minimum atomic E-state index is -0.252. The summed E-state index contributed by atoms with van der Waals surface area (Å²) in [6, 6.07) is 0. The van der Waals surface area contributed by atoms with Crippen LogP contribution >= 0.6 is 0 Å². The highest BCUT2D eigenvalue weighted by atomic mass is 16.5. The Labute approximate surface area is 112 Å². The van der Waals surface area contributed by atoms with Crippen molar-refractivity contribution < 1.29 is 9.84 Å². The molecule has 0 amide bonds. The molecule has 0 saturated heterocycles. The van der Waals surface area contributed by atoms with Crippen molar-refractivity contribution >= 4 is 0 Å². The summed E-state index contributed by atoms with van der Waals surface area (Å²) in [5.74, 6) is 0.472. The summed E-state index contributed by atoms with van der Waals surface area (Å²) in [7, 11) is 1.80. The van der Waals surface area contributed by atoms with E-state index in [-0.39, 0.29) is 11.7 Å². The topological polar surface area (TPSA) is 29.5 Å². The van der Waals surface area contributed by atoms with Gasteiger partial charge in [-0.15, -0.1) is 0 Å². The molecule has 0 aliphatic heterocycles. The largest absolute Gasteiger partial charge is 0.390 e. The minimum Gasteiger partial charge on any atom is -0.390 e. The minimum absolute atomic E-state index is 0.251. The lowest BCUT2D eigenvalue weighted by Crippen LogP contribution is -2.51. The van der Waals surface area contributed by atoms with Crippen molar-refractivity contribution in [2.45, 2.75) is 83.3 Å². The molecule has 2 rings (SSSR count). The van der Waals surface area contributed by atoms with Crippen molar-refractivity contribution in [3.63, 3.8) is 0 Å². The van der Waals surface area contributed by atoms with Gasteiger partial charge in [0.15, 0.2) is 0 Å². The predicted octanol–water partition coefficient (Wildman–Crippen LogP) is 3.91. The van der Waals surface area contributed by atoms with Crippen molar-refractivity contribution in [2.75, 3.05) is 7.11 Å². The van der Waals surface area contributed by atoms with E-state index in [2.05, 4.69) is 13.8 Å². The summed E-state index contributed by atoms with van der Waals surface area (Å²) in [6.45, 7) is 4.67. The van der Waals surface area contributed by atoms with E-state index in [0.717, 1.165) is 12.8 Å². The molecule has 1 unspecified atom stereocenters. The van der Waals surface area contributed by atoms with Crippen LogP contribution in [-0.4, -0.2) is 23.9 Å². The summed E-state index contributed by atoms with van der Waals surface area (Å²) in [5, 5.41) is 10.8. The smallest absolute Gasteiger partial charge is 0.0939 e. The third kappa shape index (κ3) is 2.91. The van der Waals surface area contributed by atoms with Crippen LogP contribution < -0.4 is 0 Å². The van der Waals surface area contributed by atoms with Crippen molar-refractivity contribution in [1.82, 2.24) is 0 Å². The monoisotopic (exact) mass is 254 g/mol. The number of ether oxygens (including phenoxy) is 1. The molecule has 0 radical (unpaired) electrons. The van der Waals surface area contributed by atoms with Crippen LogP contribution in [0.2, 0.25) is 0 Å². The van der Waals surface area contributed by atoms with Gasteiger partial charge in [-0.25, -0.2) is 0 Å². The zero-order valence-electron chi connectivity index (χ0n) is 12.4. The average molecular weight is 254 g/mol. The number of aliphatic hydroxyl groups is 1. The molecule has 18 heavy (non-hydrogen) atoms. The zero-order chi connectivity index (χ0) is 13.2. The van der Waals surface area contributed by atoms with E-state index in [0.29, 0.717) is 11.3 Å². The Kier molecular flexibility index (Phi) is 4.38. The summed E-state index contributed by atoms with van der Waals surface area (Å²) in [5.41, 5.74) is 0.172. The molecular formula is C16H30O2. The van der Waals surface area contributed by atoms with E-state index in [1.807, 2.05) is 0 Å². The van der Waals surface area contributed by atoms with Crippen LogP contribution in [0.15, 0.2) is 0 Å². The van der Waals surface area contributed by atoms with Crippen molar-refractivity contribution in [1.29, 1.82) is 0 Å². The quantitative estimate of drug-likeness (QED) is 0.827. The van der Waals surface area contributed by atoms with Gasteiger partial charge in [0.25, 0.3) is 0 Å². The van der Waals surface area contributed by atoms with E-state index in [1.54, 1.807) is 7.11 Å². The van der Waals surface area contributed by atoms with E-state index >= 15 is 0 Å². The molecule has 0 aromatic heterocycles. The van der Waals surface area contributed by atoms with Gasteiger partial charge in [0.2, 0.25) is 0 Å². The first-order chi connectivity index (χ1) is 8.49. The van der Waals surface area contributed by atoms with Gasteiger partial charge in [-0.1, -0.05) is 33.1 Å². The zero-order valence-corrected chi connectivity index (χ0v) is 12.4. The molecule has 2 saturated carbocycles. The average Bonchev–Trinajstić information content (AvgIpc) is 2.40. The molecule has 2 nitrogen and oxygen atoms in total. The number of hydrogen-bond donors (Lipinski definition) is 1. The molecule has 0 heterocycles. The molecule has 2 aliphatic carbocycles. The number of rotatable bonds is 3. The second kappa shape index (κ2) is 5.50. The molecule has 2 fully saturated rings. The van der Waals surface area contributed by atoms with Gasteiger partial charge in [-0.3, -0.25) is 0 Å². The SMILES string of the molecule is COC1(C(O)C2CCCCC2)CCC(C)(C)CC1. The molecule has 106 valence electrons. The van der Waals surface area contributed by atoms with Crippen molar-refractivity contribution in [3.8, 4) is 0 Å². The van der Waals surface area contributed by atoms with Crippen LogP contribution in [0.3, 0.4) is 0 Å². The Morgan fingerprint density at radius 1 is 1.00 bits per heavy atom. The fourth-order valence-electron chi connectivity index (χ4n) is 3.85. The lowest BCUT2D eigenvalue weighted by molar-refractivity contribution is -0.157. The summed E-state index contributed by atoms with van der Waals surface area (Å²) < 4.78 is 5.84. The van der Waals surface area contributed by atoms with Crippen LogP contribution in [0.25, 0.3) is 0 Å². The normalized spacial score (nSPS) is 30.0. The molecule has 0 aromatic rings. The lowest BCUT2D eigenvalue weighted by Gasteiger charge is -2.47. The van der Waals surface area contributed by atoms with Crippen LogP contribution in [0.1, 0.15) is 71.6 Å². The summed E-state index contributed by atoms with van der Waals surface area (Å²) in [4.78, 5) is 0. The third-order valence-electron chi connectivity index (χ3n) is 5.49. The van der Waals surface area contributed by atoms with Crippen molar-refractivity contribution in [3.05, 3.63) is 0 Å². The second-order valence-electron chi connectivity index (χ2n) is 7.28. The van der Waals surface area contributed by atoms with Gasteiger partial charge < -0.3 is 9.84 Å². The first kappa shape index (κ1) is 14.3. The Bertz CT molecular complexity index is 256. The van der Waals surface area contributed by atoms with Crippen molar-refractivity contribution in [2.24, 2.45) is 11.3 Å². The molecule has 0 aromatic carbocycles. The maximum absolute atomic E-state index is 10.8. The highest BCUT2D eigenvalue weighted by Crippen LogP contribution is 2.46. The van der Waals surface area contributed by atoms with Gasteiger partial charge in [0.1, 0.15) is 0 Å². The lowest BCUT2D eigenvalue weighted by atomic mass is 9.66. The molecular weight excluding hydrogens is 224 g/mol. The molecule has 0 bridgehead atoms. The van der Waals surface area contributed by atoms with Gasteiger partial charge in [-0.05, 0) is 49.9 Å². The van der Waals surface area contributed by atoms with Crippen LogP contribution in [0.4, 0.5) is 0 Å². The van der Waals surface area contributed by atoms with Gasteiger partial charge in [-0.2, -0.15) is 0 Å². The maximum Gasteiger partial charge on any atom is 0.0939 e. The van der Waals surface area contributed by atoms with E-state index in [1.165, 1.54) is 44.9 Å². The highest BCUT2D eigenvalue weighted by Gasteiger charge is 2.46. The number of aliphatic hydroxyl groups excluding tert-OH is 1. The number of methoxy groups -OCH3 is 1. The van der Waals surface area contributed by atoms with Gasteiger partial charge in [0, 0.05) is 7.11 Å². The third-order valence-corrected chi connectivity index (χ3v) is 5.49. The highest BCUT2D eigenvalue weighted by molar-refractivity contribution is 4.98. The fraction of sp³-hybridized carbons (Fsp3) is 1.00. The number of hydrogen-bond acceptors (Lipinski definition) is 2. The second-order valence-corrected chi connectivity index (χ2v) is 7.28. The molecule has 0 spiro atoms. The standard InChI is InChI=1S/C16H30O2/c1-15(2)9-11-16(18-3,12-10-15)14(17)13-7-5-4-6-8-13/h13-14,17H,4-12H2,1-3H3. The van der Waals surface area contributed by atoms with E-state index in [4.69, 9.17) is 4.74 Å². The van der Waals surface area contributed by atoms with Gasteiger partial charge >= 0.3 is 0 Å². The Hall–Kier alpha value is -0.0800. The molecule has 1 atom stereocenters. The predicted molar refractivity (Wildman–Crippen MR) is 74.6 cm³/mol. The van der Waals surface area contributed by atoms with Crippen LogP contribution in [0.5, 0.6) is 0 Å². The summed E-state index contributed by atoms with van der Waals surface area (Å²) in [6.07, 6.45) is 10.4. The Morgan fingerprint density at radius 3 is 2.06 bits per heavy atom. The first-order valence-electron chi connectivity index (χ1n) is 7.72. The first-order valence-corrected chi connectivity index (χ1v) is 7.72. The summed E-state index contributed by atoms with van der Waals surface area (Å²) >= 11 is 0. The molecule has 2 heteroatoms. The fourth-order valence-corrected chi connectivity index (χ4v) is 3.85. The van der Waals surface area contributed by atoms with E-state index in [9.17, 15) is 5.11 Å². The Morgan fingerprint density at radius 2 is 1.56 bits per heavy atom. The Balaban J connectivity index is 2.02. The molecule has 2 aliphatic rings. The van der Waals surface area contributed by atoms with Gasteiger partial charge in [0.05, 0.1) is 11.7 Å². The van der Waals surface area contributed by atoms with E-state index < -0.39 is 0 Å².